The van der Waals surface area contributed by atoms with Crippen LogP contribution in [0, 0.1) is 0 Å². The molecule has 0 aliphatic heterocycles. The van der Waals surface area contributed by atoms with Gasteiger partial charge in [-0.2, -0.15) is 4.98 Å². The van der Waals surface area contributed by atoms with E-state index in [1.165, 1.54) is 12.8 Å². The summed E-state index contributed by atoms with van der Waals surface area (Å²) >= 11 is 0. The molecule has 0 radical (unpaired) electrons. The molecule has 1 fully saturated rings. The molecule has 7 nitrogen and oxygen atoms in total. The van der Waals surface area contributed by atoms with Crippen LogP contribution in [0.4, 0.5) is 0 Å². The standard InChI is InChI=1S/C16H18N4O3/c21-10-12-5-6-13(22-12)15-17-7-8-20(15)9-14-18-16(23-19-14)11-3-1-2-4-11/h5-8,11,21H,1-4,9-10H2. The number of hydrogen-bond donors (Lipinski definition) is 1. The van der Waals surface area contributed by atoms with Crippen LogP contribution >= 0.6 is 0 Å². The van der Waals surface area contributed by atoms with Gasteiger partial charge >= 0.3 is 0 Å². The molecule has 0 amide bonds. The number of hydrogen-bond acceptors (Lipinski definition) is 6. The largest absolute Gasteiger partial charge is 0.455 e. The molecule has 0 aromatic carbocycles. The topological polar surface area (TPSA) is 90.1 Å². The number of rotatable bonds is 5. The normalized spacial score (nSPS) is 15.5. The Labute approximate surface area is 133 Å². The van der Waals surface area contributed by atoms with Crippen LogP contribution < -0.4 is 0 Å². The summed E-state index contributed by atoms with van der Waals surface area (Å²) in [6, 6.07) is 3.53. The van der Waals surface area contributed by atoms with Crippen LogP contribution in [-0.4, -0.2) is 24.8 Å². The van der Waals surface area contributed by atoms with Gasteiger partial charge in [0.1, 0.15) is 12.4 Å². The van der Waals surface area contributed by atoms with E-state index in [-0.39, 0.29) is 6.61 Å². The molecule has 0 spiro atoms. The first-order valence-electron chi connectivity index (χ1n) is 7.87. The number of aromatic nitrogens is 4. The van der Waals surface area contributed by atoms with Gasteiger partial charge in [0.25, 0.3) is 0 Å². The van der Waals surface area contributed by atoms with Gasteiger partial charge in [-0.3, -0.25) is 0 Å². The van der Waals surface area contributed by atoms with E-state index in [0.29, 0.717) is 35.6 Å². The van der Waals surface area contributed by atoms with E-state index < -0.39 is 0 Å². The maximum atomic E-state index is 9.11. The van der Waals surface area contributed by atoms with Crippen molar-refractivity contribution in [3.05, 3.63) is 42.0 Å². The van der Waals surface area contributed by atoms with Crippen LogP contribution in [0.2, 0.25) is 0 Å². The Kier molecular flexibility index (Phi) is 3.70. The smallest absolute Gasteiger partial charge is 0.229 e. The molecule has 4 rings (SSSR count). The van der Waals surface area contributed by atoms with Gasteiger partial charge in [0, 0.05) is 18.3 Å². The molecule has 0 bridgehead atoms. The number of aliphatic hydroxyl groups excluding tert-OH is 1. The lowest BCUT2D eigenvalue weighted by Gasteiger charge is -2.02. The molecule has 1 aliphatic carbocycles. The molecular formula is C16H18N4O3. The fourth-order valence-electron chi connectivity index (χ4n) is 3.07. The van der Waals surface area contributed by atoms with Crippen molar-refractivity contribution >= 4 is 0 Å². The van der Waals surface area contributed by atoms with E-state index in [1.807, 2.05) is 10.8 Å². The molecule has 1 saturated carbocycles. The predicted octanol–water partition coefficient (Wildman–Crippen LogP) is 2.72. The molecule has 3 heterocycles. The summed E-state index contributed by atoms with van der Waals surface area (Å²) in [6.07, 6.45) is 8.29. The first-order chi connectivity index (χ1) is 11.3. The summed E-state index contributed by atoms with van der Waals surface area (Å²) < 4.78 is 12.9. The van der Waals surface area contributed by atoms with Crippen LogP contribution in [0.3, 0.4) is 0 Å². The SMILES string of the molecule is OCc1ccc(-c2nccn2Cc2noc(C3CCCC3)n2)o1. The van der Waals surface area contributed by atoms with Crippen molar-refractivity contribution in [2.24, 2.45) is 0 Å². The molecule has 0 atom stereocenters. The van der Waals surface area contributed by atoms with Gasteiger partial charge in [-0.05, 0) is 25.0 Å². The van der Waals surface area contributed by atoms with Gasteiger partial charge in [0.2, 0.25) is 5.89 Å². The molecule has 23 heavy (non-hydrogen) atoms. The summed E-state index contributed by atoms with van der Waals surface area (Å²) in [5.74, 6) is 3.60. The van der Waals surface area contributed by atoms with E-state index in [9.17, 15) is 0 Å². The van der Waals surface area contributed by atoms with Gasteiger partial charge in [-0.1, -0.05) is 18.0 Å². The molecule has 0 saturated heterocycles. The highest BCUT2D eigenvalue weighted by atomic mass is 16.5. The van der Waals surface area contributed by atoms with Gasteiger partial charge < -0.3 is 18.6 Å². The zero-order valence-corrected chi connectivity index (χ0v) is 12.7. The second kappa shape index (κ2) is 6.00. The fraction of sp³-hybridized carbons (Fsp3) is 0.438. The Balaban J connectivity index is 1.54. The fourth-order valence-corrected chi connectivity index (χ4v) is 3.07. The van der Waals surface area contributed by atoms with Gasteiger partial charge in [-0.25, -0.2) is 4.98 Å². The highest BCUT2D eigenvalue weighted by Gasteiger charge is 2.23. The Morgan fingerprint density at radius 3 is 2.91 bits per heavy atom. The average molecular weight is 314 g/mol. The number of nitrogens with zero attached hydrogens (tertiary/aromatic N) is 4. The van der Waals surface area contributed by atoms with Crippen molar-refractivity contribution < 1.29 is 14.0 Å². The van der Waals surface area contributed by atoms with E-state index in [0.717, 1.165) is 18.7 Å². The third kappa shape index (κ3) is 2.79. The van der Waals surface area contributed by atoms with Crippen LogP contribution in [-0.2, 0) is 13.2 Å². The van der Waals surface area contributed by atoms with E-state index in [1.54, 1.807) is 18.3 Å². The second-order valence-corrected chi connectivity index (χ2v) is 5.83. The predicted molar refractivity (Wildman–Crippen MR) is 80.5 cm³/mol. The maximum absolute atomic E-state index is 9.11. The Morgan fingerprint density at radius 2 is 2.13 bits per heavy atom. The van der Waals surface area contributed by atoms with Crippen molar-refractivity contribution in [2.45, 2.75) is 44.8 Å². The summed E-state index contributed by atoms with van der Waals surface area (Å²) in [6.45, 7) is 0.344. The first-order valence-corrected chi connectivity index (χ1v) is 7.87. The molecule has 0 unspecified atom stereocenters. The highest BCUT2D eigenvalue weighted by Crippen LogP contribution is 2.33. The lowest BCUT2D eigenvalue weighted by atomic mass is 10.1. The molecule has 120 valence electrons. The Bertz CT molecular complexity index is 783. The molecule has 1 aliphatic rings. The van der Waals surface area contributed by atoms with Gasteiger partial charge in [0.05, 0.1) is 6.54 Å². The highest BCUT2D eigenvalue weighted by molar-refractivity contribution is 5.48. The lowest BCUT2D eigenvalue weighted by molar-refractivity contribution is 0.248. The minimum atomic E-state index is -0.129. The van der Waals surface area contributed by atoms with E-state index in [2.05, 4.69) is 15.1 Å². The monoisotopic (exact) mass is 314 g/mol. The summed E-state index contributed by atoms with van der Waals surface area (Å²) in [7, 11) is 0. The Morgan fingerprint density at radius 1 is 1.26 bits per heavy atom. The molecule has 7 heteroatoms. The quantitative estimate of drug-likeness (QED) is 0.778. The van der Waals surface area contributed by atoms with E-state index >= 15 is 0 Å². The minimum absolute atomic E-state index is 0.129. The zero-order chi connectivity index (χ0) is 15.6. The van der Waals surface area contributed by atoms with Crippen LogP contribution in [0.25, 0.3) is 11.6 Å². The van der Waals surface area contributed by atoms with Crippen LogP contribution in [0.5, 0.6) is 0 Å². The van der Waals surface area contributed by atoms with Crippen molar-refractivity contribution in [2.75, 3.05) is 0 Å². The Hall–Kier alpha value is -2.41. The summed E-state index contributed by atoms with van der Waals surface area (Å²) in [4.78, 5) is 8.84. The first kappa shape index (κ1) is 14.2. The third-order valence-corrected chi connectivity index (χ3v) is 4.25. The number of imidazole rings is 1. The summed E-state index contributed by atoms with van der Waals surface area (Å²) in [5.41, 5.74) is 0. The molecule has 3 aromatic rings. The molecular weight excluding hydrogens is 296 g/mol. The molecule has 1 N–H and O–H groups in total. The van der Waals surface area contributed by atoms with Crippen molar-refractivity contribution in [1.29, 1.82) is 0 Å². The van der Waals surface area contributed by atoms with E-state index in [4.69, 9.17) is 14.0 Å². The lowest BCUT2D eigenvalue weighted by Crippen LogP contribution is -2.03. The third-order valence-electron chi connectivity index (χ3n) is 4.25. The van der Waals surface area contributed by atoms with Crippen molar-refractivity contribution in [1.82, 2.24) is 19.7 Å². The van der Waals surface area contributed by atoms with Gasteiger partial charge in [-0.15, -0.1) is 0 Å². The van der Waals surface area contributed by atoms with Crippen LogP contribution in [0.15, 0.2) is 33.5 Å². The summed E-state index contributed by atoms with van der Waals surface area (Å²) in [5, 5.41) is 13.2. The van der Waals surface area contributed by atoms with Crippen molar-refractivity contribution in [3.63, 3.8) is 0 Å². The number of furan rings is 1. The van der Waals surface area contributed by atoms with Crippen molar-refractivity contribution in [3.8, 4) is 11.6 Å². The maximum Gasteiger partial charge on any atom is 0.229 e. The molecule has 3 aromatic heterocycles. The van der Waals surface area contributed by atoms with Crippen LogP contribution in [0.1, 0.15) is 49.1 Å². The number of aliphatic hydroxyl groups is 1. The minimum Gasteiger partial charge on any atom is -0.455 e. The zero-order valence-electron chi connectivity index (χ0n) is 12.7. The van der Waals surface area contributed by atoms with Gasteiger partial charge in [0.15, 0.2) is 17.4 Å². The second-order valence-electron chi connectivity index (χ2n) is 5.83. The average Bonchev–Trinajstić information content (AvgIpc) is 3.34.